The molecule has 0 aromatic rings. The van der Waals surface area contributed by atoms with Gasteiger partial charge in [0.05, 0.1) is 52.4 Å². The van der Waals surface area contributed by atoms with Gasteiger partial charge in [-0.05, 0) is 6.42 Å². The smallest absolute Gasteiger partial charge is 0.391 e. The molecule has 418 valence electrons. The number of ether oxygens (including phenoxy) is 5. The monoisotopic (exact) mass is 1130 g/mol. The molecular formula is C33H22F30O9. The lowest BCUT2D eigenvalue weighted by Crippen LogP contribution is -3.08. The highest BCUT2D eigenvalue weighted by atomic mass is 19.4. The van der Waals surface area contributed by atoms with Gasteiger partial charge in [-0.15, -0.1) is 0 Å². The Balaban J connectivity index is 0.978. The molecule has 8 aliphatic rings. The normalized spacial score (nSPS) is 44.9. The summed E-state index contributed by atoms with van der Waals surface area (Å²) >= 11 is 0. The van der Waals surface area contributed by atoms with Crippen LogP contribution in [0.4, 0.5) is 132 Å². The third-order valence-corrected chi connectivity index (χ3v) is 13.4. The molecule has 2 N–H and O–H groups in total. The zero-order valence-electron chi connectivity index (χ0n) is 33.6. The Kier molecular flexibility index (Phi) is 12.1. The Hall–Kier alpha value is -3.04. The number of hydrogen-bond donors (Lipinski definition) is 2. The Bertz CT molecular complexity index is 2100. The minimum Gasteiger partial charge on any atom is -0.391 e. The number of alkyl halides is 30. The Morgan fingerprint density at radius 1 is 0.347 bits per heavy atom. The van der Waals surface area contributed by atoms with Crippen molar-refractivity contribution in [1.29, 1.82) is 0 Å². The van der Waals surface area contributed by atoms with Crippen LogP contribution < -0.4 is 0 Å². The van der Waals surface area contributed by atoms with Crippen molar-refractivity contribution in [1.82, 2.24) is 0 Å². The first-order valence-corrected chi connectivity index (χ1v) is 18.9. The summed E-state index contributed by atoms with van der Waals surface area (Å²) in [7, 11) is 0. The van der Waals surface area contributed by atoms with E-state index in [0.717, 1.165) is 0 Å². The molecule has 0 amide bonds. The molecule has 12 atom stereocenters. The van der Waals surface area contributed by atoms with Crippen LogP contribution in [0.5, 0.6) is 0 Å². The van der Waals surface area contributed by atoms with Crippen molar-refractivity contribution >= 4 is 11.6 Å². The predicted octanol–water partition coefficient (Wildman–Crippen LogP) is 6.75. The molecule has 12 unspecified atom stereocenters. The number of carbonyl (C=O) groups excluding carboxylic acids is 2. The van der Waals surface area contributed by atoms with Crippen LogP contribution in [-0.2, 0) is 33.3 Å². The Morgan fingerprint density at radius 3 is 0.944 bits per heavy atom. The first-order chi connectivity index (χ1) is 31.8. The molecule has 8 fully saturated rings. The molecule has 0 heterocycles. The summed E-state index contributed by atoms with van der Waals surface area (Å²) in [6, 6.07) is 0. The van der Waals surface area contributed by atoms with Crippen LogP contribution in [0.25, 0.3) is 0 Å². The average Bonchev–Trinajstić information content (AvgIpc) is 3.26. The minimum atomic E-state index is -8.27. The van der Waals surface area contributed by atoms with E-state index >= 15 is 43.9 Å². The van der Waals surface area contributed by atoms with Gasteiger partial charge in [0.2, 0.25) is 11.6 Å². The molecule has 8 aliphatic carbocycles. The van der Waals surface area contributed by atoms with Crippen LogP contribution >= 0.6 is 0 Å². The maximum absolute atomic E-state index is 15.9. The molecule has 0 radical (unpaired) electrons. The molecule has 0 spiro atoms. The topological polar surface area (TPSA) is 121 Å². The summed E-state index contributed by atoms with van der Waals surface area (Å²) in [6.07, 6.45) is -21.6. The highest BCUT2D eigenvalue weighted by Crippen LogP contribution is 2.88. The first-order valence-electron chi connectivity index (χ1n) is 18.9. The molecule has 0 saturated heterocycles. The number of Topliss-reactive ketones (excluding diaryl/α,β-unsaturated/α-hetero) is 2. The third-order valence-electron chi connectivity index (χ3n) is 13.4. The van der Waals surface area contributed by atoms with Gasteiger partial charge in [-0.3, -0.25) is 9.59 Å². The fraction of sp³-hybridized carbons (Fsp3) is 0.939. The third kappa shape index (κ3) is 4.89. The maximum Gasteiger partial charge on any atom is 0.397 e. The molecule has 8 saturated carbocycles. The number of aliphatic hydroxyl groups is 2. The van der Waals surface area contributed by atoms with Gasteiger partial charge in [0.25, 0.3) is 34.0 Å². The number of ketones is 2. The van der Waals surface area contributed by atoms with Crippen LogP contribution in [0, 0.1) is 0 Å². The minimum absolute atomic E-state index is 0.706. The van der Waals surface area contributed by atoms with Gasteiger partial charge in [0, 0.05) is 6.61 Å². The van der Waals surface area contributed by atoms with Gasteiger partial charge in [0.15, 0.2) is 0 Å². The van der Waals surface area contributed by atoms with Crippen molar-refractivity contribution in [2.75, 3.05) is 52.9 Å². The van der Waals surface area contributed by atoms with Crippen LogP contribution in [0.3, 0.4) is 0 Å². The molecule has 0 aliphatic heterocycles. The van der Waals surface area contributed by atoms with E-state index in [2.05, 4.69) is 14.2 Å². The summed E-state index contributed by atoms with van der Waals surface area (Å²) in [6.45, 7) is -10.7. The molecule has 8 bridgehead atoms. The molecule has 72 heavy (non-hydrogen) atoms. The van der Waals surface area contributed by atoms with Gasteiger partial charge in [-0.1, -0.05) is 0 Å². The van der Waals surface area contributed by atoms with Gasteiger partial charge >= 0.3 is 82.3 Å². The molecule has 39 heteroatoms. The predicted molar refractivity (Wildman–Crippen MR) is 159 cm³/mol. The summed E-state index contributed by atoms with van der Waals surface area (Å²) in [5, 5.41) is 19.5. The maximum atomic E-state index is 15.9. The number of rotatable bonds is 19. The second-order valence-corrected chi connectivity index (χ2v) is 16.9. The van der Waals surface area contributed by atoms with E-state index in [9.17, 15) is 108 Å². The van der Waals surface area contributed by atoms with Crippen LogP contribution in [0.2, 0.25) is 0 Å². The van der Waals surface area contributed by atoms with Crippen molar-refractivity contribution in [3.8, 4) is 0 Å². The van der Waals surface area contributed by atoms with Gasteiger partial charge in [0.1, 0.15) is 6.10 Å². The Labute approximate surface area is 375 Å². The SMILES string of the molecule is O=C1C2(F)C(F)(F)C3(F)C(F)(F)C1(F)C(F)(C(F)(F)OCC(O)CCOCCOCCOCC(O)COC(F)(F)C1(F)C4(F)C(=O)C5(F)C(F)(F)C(F)(C4(F)F)C(F)(F)C1(F)C5(F)F)C(F)(C2(F)F)C3(F)F. The molecule has 0 aromatic carbocycles. The highest BCUT2D eigenvalue weighted by Gasteiger charge is 3.23. The molecule has 8 rings (SSSR count). The number of hydrogen-bond acceptors (Lipinski definition) is 9. The zero-order chi connectivity index (χ0) is 56.2. The van der Waals surface area contributed by atoms with E-state index in [1.165, 1.54) is 0 Å². The fourth-order valence-corrected chi connectivity index (χ4v) is 9.70. The summed E-state index contributed by atoms with van der Waals surface area (Å²) in [5.41, 5.74) is -78.9. The number of carbonyl (C=O) groups is 2. The van der Waals surface area contributed by atoms with Crippen molar-refractivity contribution in [3.05, 3.63) is 0 Å². The summed E-state index contributed by atoms with van der Waals surface area (Å²) in [4.78, 5) is 24.2. The van der Waals surface area contributed by atoms with Crippen molar-refractivity contribution in [3.63, 3.8) is 0 Å². The van der Waals surface area contributed by atoms with Crippen molar-refractivity contribution in [2.45, 2.75) is 135 Å². The lowest BCUT2D eigenvalue weighted by atomic mass is 9.38. The quantitative estimate of drug-likeness (QED) is 0.107. The fourth-order valence-electron chi connectivity index (χ4n) is 9.70. The van der Waals surface area contributed by atoms with E-state index in [0.29, 0.717) is 0 Å². The van der Waals surface area contributed by atoms with Crippen molar-refractivity contribution in [2.24, 2.45) is 0 Å². The molecule has 9 nitrogen and oxygen atoms in total. The summed E-state index contributed by atoms with van der Waals surface area (Å²) < 4.78 is 470. The van der Waals surface area contributed by atoms with Gasteiger partial charge in [-0.25, -0.2) is 43.9 Å². The zero-order valence-corrected chi connectivity index (χ0v) is 33.6. The molecule has 0 aromatic heterocycles. The van der Waals surface area contributed by atoms with E-state index < -0.39 is 199 Å². The Morgan fingerprint density at radius 2 is 0.611 bits per heavy atom. The average molecular weight is 1130 g/mol. The summed E-state index contributed by atoms with van der Waals surface area (Å²) in [5.74, 6) is -74.5. The van der Waals surface area contributed by atoms with Gasteiger partial charge < -0.3 is 33.9 Å². The highest BCUT2D eigenvalue weighted by molar-refractivity contribution is 6.05. The van der Waals surface area contributed by atoms with Crippen LogP contribution in [0.15, 0.2) is 0 Å². The van der Waals surface area contributed by atoms with E-state index in [1.807, 2.05) is 0 Å². The molecular weight excluding hydrogens is 1110 g/mol. The number of aliphatic hydroxyl groups excluding tert-OH is 2. The standard InChI is InChI=1S/C33H22F30O9/c34-14-12(66)16(36)26(48,49)20(40,30(56,57)22(42,24(14,44)45)28(16,52)53)18(14,38)32(60,61)71-8-10(64)1-2-68-3-4-69-5-6-70-7-11(65)9-72-33(62,63)19(39)15(35)13(67)17(37)27(50,51)21(19,41)31(58,59)23(43,25(15,46)47)29(17,54)55/h10-11,64-65H,1-9H2. The van der Waals surface area contributed by atoms with Gasteiger partial charge in [-0.2, -0.15) is 87.8 Å². The number of halogens is 30. The second-order valence-electron chi connectivity index (χ2n) is 16.9. The lowest BCUT2D eigenvalue weighted by Gasteiger charge is -2.72. The van der Waals surface area contributed by atoms with E-state index in [4.69, 9.17) is 9.47 Å². The van der Waals surface area contributed by atoms with E-state index in [1.54, 1.807) is 0 Å². The van der Waals surface area contributed by atoms with Crippen molar-refractivity contribution < 1.29 is 175 Å². The lowest BCUT2D eigenvalue weighted by molar-refractivity contribution is -0.555. The second kappa shape index (κ2) is 14.9. The van der Waals surface area contributed by atoms with E-state index in [-0.39, 0.29) is 0 Å². The largest absolute Gasteiger partial charge is 0.397 e. The van der Waals surface area contributed by atoms with Crippen LogP contribution in [0.1, 0.15) is 6.42 Å². The van der Waals surface area contributed by atoms with Crippen LogP contribution in [-0.4, -0.2) is 203 Å². The first kappa shape index (κ1) is 58.2.